The number of aliphatic hydroxyl groups is 1. The SMILES string of the molecule is Cc1ccc(NC(=O)C(=O)NC[C@H]2CCCC[C@@H]2O)cc1Cl. The molecule has 2 atom stereocenters. The largest absolute Gasteiger partial charge is 0.393 e. The smallest absolute Gasteiger partial charge is 0.313 e. The van der Waals surface area contributed by atoms with Crippen LogP contribution in [0, 0.1) is 12.8 Å². The Labute approximate surface area is 135 Å². The summed E-state index contributed by atoms with van der Waals surface area (Å²) in [7, 11) is 0. The molecule has 0 unspecified atom stereocenters. The van der Waals surface area contributed by atoms with Gasteiger partial charge in [0.1, 0.15) is 0 Å². The number of amides is 2. The lowest BCUT2D eigenvalue weighted by atomic mass is 9.86. The second kappa shape index (κ2) is 7.61. The maximum atomic E-state index is 11.8. The molecule has 120 valence electrons. The van der Waals surface area contributed by atoms with Crippen LogP contribution in [0.4, 0.5) is 5.69 Å². The minimum atomic E-state index is -0.731. The fourth-order valence-electron chi connectivity index (χ4n) is 2.59. The van der Waals surface area contributed by atoms with Crippen molar-refractivity contribution < 1.29 is 14.7 Å². The fraction of sp³-hybridized carbons (Fsp3) is 0.500. The molecule has 1 aliphatic rings. The third-order valence-electron chi connectivity index (χ3n) is 4.03. The summed E-state index contributed by atoms with van der Waals surface area (Å²) in [6, 6.07) is 5.07. The molecule has 0 aromatic heterocycles. The van der Waals surface area contributed by atoms with E-state index in [1.165, 1.54) is 0 Å². The highest BCUT2D eigenvalue weighted by Crippen LogP contribution is 2.23. The van der Waals surface area contributed by atoms with E-state index in [0.29, 0.717) is 17.3 Å². The third kappa shape index (κ3) is 4.45. The van der Waals surface area contributed by atoms with Gasteiger partial charge in [-0.15, -0.1) is 0 Å². The van der Waals surface area contributed by atoms with Crippen molar-refractivity contribution in [2.45, 2.75) is 38.7 Å². The maximum absolute atomic E-state index is 11.8. The molecule has 2 amide bonds. The first kappa shape index (κ1) is 16.8. The van der Waals surface area contributed by atoms with Gasteiger partial charge in [0, 0.05) is 23.2 Å². The Morgan fingerprint density at radius 3 is 2.68 bits per heavy atom. The Bertz CT molecular complexity index is 562. The predicted octanol–water partition coefficient (Wildman–Crippen LogP) is 2.25. The van der Waals surface area contributed by atoms with Crippen LogP contribution in [0.25, 0.3) is 0 Å². The second-order valence-corrected chi connectivity index (χ2v) is 6.15. The van der Waals surface area contributed by atoms with Crippen molar-refractivity contribution in [2.24, 2.45) is 5.92 Å². The van der Waals surface area contributed by atoms with Gasteiger partial charge in [-0.3, -0.25) is 9.59 Å². The van der Waals surface area contributed by atoms with E-state index in [2.05, 4.69) is 10.6 Å². The molecule has 22 heavy (non-hydrogen) atoms. The molecule has 1 aromatic rings. The summed E-state index contributed by atoms with van der Waals surface area (Å²) in [5.41, 5.74) is 1.38. The molecule has 0 radical (unpaired) electrons. The first-order chi connectivity index (χ1) is 10.5. The molecule has 1 aromatic carbocycles. The standard InChI is InChI=1S/C16H21ClN2O3/c1-10-6-7-12(8-13(10)17)19-16(22)15(21)18-9-11-4-2-3-5-14(11)20/h6-8,11,14,20H,2-5,9H2,1H3,(H,18,21)(H,19,22)/t11-,14+/m1/s1. The second-order valence-electron chi connectivity index (χ2n) is 5.74. The number of hydrogen-bond donors (Lipinski definition) is 3. The quantitative estimate of drug-likeness (QED) is 0.746. The van der Waals surface area contributed by atoms with Gasteiger partial charge in [0.05, 0.1) is 6.10 Å². The van der Waals surface area contributed by atoms with Gasteiger partial charge in [0.25, 0.3) is 0 Å². The van der Waals surface area contributed by atoms with Gasteiger partial charge in [0.15, 0.2) is 0 Å². The van der Waals surface area contributed by atoms with Crippen LogP contribution >= 0.6 is 11.6 Å². The topological polar surface area (TPSA) is 78.4 Å². The van der Waals surface area contributed by atoms with Crippen molar-refractivity contribution in [3.8, 4) is 0 Å². The van der Waals surface area contributed by atoms with Crippen LogP contribution in [0.3, 0.4) is 0 Å². The van der Waals surface area contributed by atoms with Gasteiger partial charge in [-0.05, 0) is 37.5 Å². The Morgan fingerprint density at radius 2 is 2.00 bits per heavy atom. The highest BCUT2D eigenvalue weighted by molar-refractivity contribution is 6.39. The van der Waals surface area contributed by atoms with Crippen LogP contribution in [-0.4, -0.2) is 29.6 Å². The van der Waals surface area contributed by atoms with E-state index in [1.807, 2.05) is 6.92 Å². The highest BCUT2D eigenvalue weighted by Gasteiger charge is 2.24. The van der Waals surface area contributed by atoms with E-state index in [4.69, 9.17) is 11.6 Å². The number of halogens is 1. The zero-order chi connectivity index (χ0) is 16.1. The van der Waals surface area contributed by atoms with Crippen LogP contribution in [0.2, 0.25) is 5.02 Å². The van der Waals surface area contributed by atoms with Crippen molar-refractivity contribution >= 4 is 29.1 Å². The Morgan fingerprint density at radius 1 is 1.27 bits per heavy atom. The van der Waals surface area contributed by atoms with Crippen molar-refractivity contribution in [3.05, 3.63) is 28.8 Å². The van der Waals surface area contributed by atoms with E-state index < -0.39 is 17.9 Å². The average molecular weight is 325 g/mol. The zero-order valence-corrected chi connectivity index (χ0v) is 13.3. The predicted molar refractivity (Wildman–Crippen MR) is 85.8 cm³/mol. The minimum absolute atomic E-state index is 0.0271. The van der Waals surface area contributed by atoms with Gasteiger partial charge >= 0.3 is 11.8 Å². The molecule has 0 saturated heterocycles. The molecule has 0 spiro atoms. The Kier molecular flexibility index (Phi) is 5.80. The van der Waals surface area contributed by atoms with E-state index in [0.717, 1.165) is 31.2 Å². The summed E-state index contributed by atoms with van der Waals surface area (Å²) in [4.78, 5) is 23.6. The van der Waals surface area contributed by atoms with E-state index in [-0.39, 0.29) is 5.92 Å². The molecular formula is C16H21ClN2O3. The number of carbonyl (C=O) groups is 2. The van der Waals surface area contributed by atoms with Crippen LogP contribution in [0.1, 0.15) is 31.2 Å². The van der Waals surface area contributed by atoms with Gasteiger partial charge < -0.3 is 15.7 Å². The van der Waals surface area contributed by atoms with Crippen molar-refractivity contribution in [1.82, 2.24) is 5.32 Å². The molecule has 6 heteroatoms. The summed E-state index contributed by atoms with van der Waals surface area (Å²) in [5, 5.41) is 15.5. The van der Waals surface area contributed by atoms with Gasteiger partial charge in [-0.1, -0.05) is 30.5 Å². The van der Waals surface area contributed by atoms with E-state index >= 15 is 0 Å². The number of aliphatic hydroxyl groups excluding tert-OH is 1. The van der Waals surface area contributed by atoms with Crippen LogP contribution in [-0.2, 0) is 9.59 Å². The molecule has 1 saturated carbocycles. The molecule has 1 fully saturated rings. The Hall–Kier alpha value is -1.59. The highest BCUT2D eigenvalue weighted by atomic mass is 35.5. The van der Waals surface area contributed by atoms with Gasteiger partial charge in [-0.25, -0.2) is 0 Å². The fourth-order valence-corrected chi connectivity index (χ4v) is 2.77. The average Bonchev–Trinajstić information content (AvgIpc) is 2.50. The first-order valence-corrected chi connectivity index (χ1v) is 7.88. The van der Waals surface area contributed by atoms with Crippen LogP contribution in [0.5, 0.6) is 0 Å². The summed E-state index contributed by atoms with van der Waals surface area (Å²) in [6.07, 6.45) is 3.30. The summed E-state index contributed by atoms with van der Waals surface area (Å²) >= 11 is 5.98. The molecule has 0 heterocycles. The molecule has 5 nitrogen and oxygen atoms in total. The summed E-state index contributed by atoms with van der Waals surface area (Å²) in [6.45, 7) is 2.18. The molecule has 1 aliphatic carbocycles. The van der Waals surface area contributed by atoms with Crippen LogP contribution in [0.15, 0.2) is 18.2 Å². The lowest BCUT2D eigenvalue weighted by molar-refractivity contribution is -0.136. The molecular weight excluding hydrogens is 304 g/mol. The summed E-state index contributed by atoms with van der Waals surface area (Å²) in [5.74, 6) is -1.40. The number of rotatable bonds is 3. The number of nitrogens with one attached hydrogen (secondary N) is 2. The number of anilines is 1. The molecule has 2 rings (SSSR count). The minimum Gasteiger partial charge on any atom is -0.393 e. The van der Waals surface area contributed by atoms with Crippen molar-refractivity contribution in [2.75, 3.05) is 11.9 Å². The monoisotopic (exact) mass is 324 g/mol. The van der Waals surface area contributed by atoms with E-state index in [1.54, 1.807) is 18.2 Å². The van der Waals surface area contributed by atoms with Gasteiger partial charge in [-0.2, -0.15) is 0 Å². The number of carbonyl (C=O) groups excluding carboxylic acids is 2. The van der Waals surface area contributed by atoms with Gasteiger partial charge in [0.2, 0.25) is 0 Å². The lowest BCUT2D eigenvalue weighted by Crippen LogP contribution is -2.41. The number of aryl methyl sites for hydroxylation is 1. The zero-order valence-electron chi connectivity index (χ0n) is 12.6. The summed E-state index contributed by atoms with van der Waals surface area (Å²) < 4.78 is 0. The van der Waals surface area contributed by atoms with Crippen LogP contribution < -0.4 is 10.6 Å². The Balaban J connectivity index is 1.84. The molecule has 3 N–H and O–H groups in total. The number of benzene rings is 1. The van der Waals surface area contributed by atoms with Crippen molar-refractivity contribution in [3.63, 3.8) is 0 Å². The molecule has 0 bridgehead atoms. The molecule has 0 aliphatic heterocycles. The third-order valence-corrected chi connectivity index (χ3v) is 4.44. The lowest BCUT2D eigenvalue weighted by Gasteiger charge is -2.27. The van der Waals surface area contributed by atoms with E-state index in [9.17, 15) is 14.7 Å². The normalized spacial score (nSPS) is 21.2. The van der Waals surface area contributed by atoms with Crippen molar-refractivity contribution in [1.29, 1.82) is 0 Å². The maximum Gasteiger partial charge on any atom is 0.313 e. The first-order valence-electron chi connectivity index (χ1n) is 7.51. The number of hydrogen-bond acceptors (Lipinski definition) is 3.